The van der Waals surface area contributed by atoms with Gasteiger partial charge in [0.05, 0.1) is 30.4 Å². The van der Waals surface area contributed by atoms with Gasteiger partial charge in [-0.25, -0.2) is 4.98 Å². The highest BCUT2D eigenvalue weighted by Gasteiger charge is 2.33. The Bertz CT molecular complexity index is 1710. The standard InChI is InChI=1S/C29H30ClN7O3.2ClH/c1-35-27(20-4-2-19(13-31)3-5-20)25-26(34-35)28(38)37(18-32-25)17-29(39)8-10-36(11-9-29)15-22-7-6-21(12-24(22)30)23-14-33-40-16-23;;/h2-7,12,14,16,18,39H,8-11,13,15,17,31H2,1H3;2*1H. The molecule has 1 aliphatic heterocycles. The third-order valence-corrected chi connectivity index (χ3v) is 8.09. The van der Waals surface area contributed by atoms with Crippen LogP contribution >= 0.6 is 36.4 Å². The molecule has 0 radical (unpaired) electrons. The summed E-state index contributed by atoms with van der Waals surface area (Å²) in [6, 6.07) is 13.8. The quantitative estimate of drug-likeness (QED) is 0.270. The number of aliphatic hydroxyl groups is 1. The molecule has 1 saturated heterocycles. The second kappa shape index (κ2) is 12.9. The van der Waals surface area contributed by atoms with Crippen molar-refractivity contribution in [3.8, 4) is 22.4 Å². The maximum atomic E-state index is 13.4. The molecule has 0 aliphatic carbocycles. The lowest BCUT2D eigenvalue weighted by Crippen LogP contribution is -2.47. The Labute approximate surface area is 259 Å². The van der Waals surface area contributed by atoms with Crippen LogP contribution < -0.4 is 11.3 Å². The monoisotopic (exact) mass is 631 g/mol. The molecule has 13 heteroatoms. The number of hydrogen-bond acceptors (Lipinski definition) is 8. The number of hydrogen-bond donors (Lipinski definition) is 2. The van der Waals surface area contributed by atoms with Crippen LogP contribution in [-0.4, -0.2) is 53.2 Å². The number of piperidine rings is 1. The molecule has 6 rings (SSSR count). The topological polar surface area (TPSA) is 128 Å². The minimum atomic E-state index is -1.02. The zero-order valence-corrected chi connectivity index (χ0v) is 25.3. The van der Waals surface area contributed by atoms with Crippen molar-refractivity contribution in [1.82, 2.24) is 29.4 Å². The summed E-state index contributed by atoms with van der Waals surface area (Å²) in [6.07, 6.45) is 5.81. The van der Waals surface area contributed by atoms with E-state index in [-0.39, 0.29) is 42.4 Å². The average molecular weight is 633 g/mol. The van der Waals surface area contributed by atoms with Crippen molar-refractivity contribution < 1.29 is 9.63 Å². The zero-order valence-electron chi connectivity index (χ0n) is 22.9. The van der Waals surface area contributed by atoms with Crippen LogP contribution in [0.3, 0.4) is 0 Å². The normalized spacial score (nSPS) is 14.9. The van der Waals surface area contributed by atoms with Gasteiger partial charge in [0, 0.05) is 49.4 Å². The van der Waals surface area contributed by atoms with Crippen molar-refractivity contribution in [3.05, 3.63) is 87.8 Å². The van der Waals surface area contributed by atoms with E-state index in [4.69, 9.17) is 21.9 Å². The minimum Gasteiger partial charge on any atom is -0.388 e. The summed E-state index contributed by atoms with van der Waals surface area (Å²) in [5.74, 6) is 0. The number of fused-ring (bicyclic) bond motifs is 1. The van der Waals surface area contributed by atoms with E-state index >= 15 is 0 Å². The zero-order chi connectivity index (χ0) is 27.9. The Kier molecular flexibility index (Phi) is 9.77. The molecular formula is C29H32Cl3N7O3. The van der Waals surface area contributed by atoms with Gasteiger partial charge in [-0.3, -0.25) is 18.9 Å². The summed E-state index contributed by atoms with van der Waals surface area (Å²) in [4.78, 5) is 20.2. The Morgan fingerprint density at radius 3 is 2.40 bits per heavy atom. The van der Waals surface area contributed by atoms with Gasteiger partial charge in [-0.05, 0) is 35.6 Å². The summed E-state index contributed by atoms with van der Waals surface area (Å²) >= 11 is 6.57. The van der Waals surface area contributed by atoms with Crippen LogP contribution in [-0.2, 0) is 26.7 Å². The third kappa shape index (κ3) is 6.24. The fraction of sp³-hybridized carbons (Fsp3) is 0.310. The molecule has 3 N–H and O–H groups in total. The maximum Gasteiger partial charge on any atom is 0.281 e. The van der Waals surface area contributed by atoms with Gasteiger partial charge >= 0.3 is 0 Å². The second-order valence-electron chi connectivity index (χ2n) is 10.5. The van der Waals surface area contributed by atoms with E-state index in [0.717, 1.165) is 33.5 Å². The molecule has 0 amide bonds. The van der Waals surface area contributed by atoms with Gasteiger partial charge in [0.15, 0.2) is 5.52 Å². The molecule has 0 spiro atoms. The fourth-order valence-corrected chi connectivity index (χ4v) is 5.62. The van der Waals surface area contributed by atoms with E-state index in [0.29, 0.717) is 49.6 Å². The predicted molar refractivity (Wildman–Crippen MR) is 167 cm³/mol. The molecule has 5 aromatic rings. The number of aryl methyl sites for hydroxylation is 1. The van der Waals surface area contributed by atoms with Crippen molar-refractivity contribution in [2.75, 3.05) is 13.1 Å². The molecule has 0 saturated carbocycles. The molecule has 1 fully saturated rings. The second-order valence-corrected chi connectivity index (χ2v) is 10.9. The third-order valence-electron chi connectivity index (χ3n) is 7.74. The molecule has 10 nitrogen and oxygen atoms in total. The van der Waals surface area contributed by atoms with Crippen molar-refractivity contribution in [3.63, 3.8) is 0 Å². The number of likely N-dealkylation sites (tertiary alicyclic amines) is 1. The van der Waals surface area contributed by atoms with Gasteiger partial charge in [0.1, 0.15) is 11.8 Å². The fourth-order valence-electron chi connectivity index (χ4n) is 5.38. The van der Waals surface area contributed by atoms with Crippen molar-refractivity contribution in [2.45, 2.75) is 38.1 Å². The van der Waals surface area contributed by atoms with E-state index in [2.05, 4.69) is 20.1 Å². The lowest BCUT2D eigenvalue weighted by atomic mass is 9.91. The first-order chi connectivity index (χ1) is 19.3. The van der Waals surface area contributed by atoms with Gasteiger partial charge in [-0.15, -0.1) is 24.8 Å². The predicted octanol–water partition coefficient (Wildman–Crippen LogP) is 4.43. The molecular weight excluding hydrogens is 601 g/mol. The van der Waals surface area contributed by atoms with E-state index in [1.807, 2.05) is 42.5 Å². The Morgan fingerprint density at radius 1 is 1.05 bits per heavy atom. The molecule has 0 unspecified atom stereocenters. The Morgan fingerprint density at radius 2 is 1.76 bits per heavy atom. The number of nitrogens with zero attached hydrogens (tertiary/aromatic N) is 6. The van der Waals surface area contributed by atoms with Crippen LogP contribution in [0.1, 0.15) is 24.0 Å². The van der Waals surface area contributed by atoms with Crippen LogP contribution in [0.2, 0.25) is 5.02 Å². The van der Waals surface area contributed by atoms with Crippen LogP contribution in [0, 0.1) is 0 Å². The van der Waals surface area contributed by atoms with Gasteiger partial charge < -0.3 is 15.4 Å². The highest BCUT2D eigenvalue weighted by molar-refractivity contribution is 6.31. The van der Waals surface area contributed by atoms with Gasteiger partial charge in [-0.2, -0.15) is 5.10 Å². The largest absolute Gasteiger partial charge is 0.388 e. The molecule has 2 aromatic carbocycles. The lowest BCUT2D eigenvalue weighted by Gasteiger charge is -2.38. The average Bonchev–Trinajstić information content (AvgIpc) is 3.61. The number of halogens is 3. The van der Waals surface area contributed by atoms with Gasteiger partial charge in [0.25, 0.3) is 5.56 Å². The van der Waals surface area contributed by atoms with Crippen molar-refractivity contribution >= 4 is 47.4 Å². The first-order valence-electron chi connectivity index (χ1n) is 13.2. The van der Waals surface area contributed by atoms with Crippen LogP contribution in [0.15, 0.2) is 70.6 Å². The SMILES string of the molecule is Cl.Cl.Cn1nc2c(=O)n(CC3(O)CCN(Cc4ccc(-c5cnoc5)cc4Cl)CC3)cnc2c1-c1ccc(CN)cc1. The lowest BCUT2D eigenvalue weighted by molar-refractivity contribution is -0.0364. The maximum absolute atomic E-state index is 13.4. The van der Waals surface area contributed by atoms with Crippen molar-refractivity contribution in [2.24, 2.45) is 12.8 Å². The number of aromatic nitrogens is 5. The Hall–Kier alpha value is -3.25. The minimum absolute atomic E-state index is 0. The van der Waals surface area contributed by atoms with Crippen LogP contribution in [0.25, 0.3) is 33.4 Å². The highest BCUT2D eigenvalue weighted by Crippen LogP contribution is 2.30. The van der Waals surface area contributed by atoms with Gasteiger partial charge in [0.2, 0.25) is 0 Å². The molecule has 222 valence electrons. The van der Waals surface area contributed by atoms with E-state index in [1.54, 1.807) is 24.2 Å². The molecule has 4 heterocycles. The number of rotatable bonds is 7. The smallest absolute Gasteiger partial charge is 0.281 e. The summed E-state index contributed by atoms with van der Waals surface area (Å²) in [6.45, 7) is 2.65. The summed E-state index contributed by atoms with van der Waals surface area (Å²) in [7, 11) is 1.80. The summed E-state index contributed by atoms with van der Waals surface area (Å²) in [5, 5.41) is 20.3. The van der Waals surface area contributed by atoms with Crippen LogP contribution in [0.4, 0.5) is 0 Å². The molecule has 3 aromatic heterocycles. The molecule has 0 atom stereocenters. The Balaban J connectivity index is 0.00000202. The molecule has 1 aliphatic rings. The van der Waals surface area contributed by atoms with E-state index < -0.39 is 5.60 Å². The number of benzene rings is 2. The molecule has 42 heavy (non-hydrogen) atoms. The summed E-state index contributed by atoms with van der Waals surface area (Å²) < 4.78 is 8.08. The summed E-state index contributed by atoms with van der Waals surface area (Å²) in [5.41, 5.74) is 10.8. The van der Waals surface area contributed by atoms with E-state index in [1.165, 1.54) is 10.9 Å². The number of nitrogens with two attached hydrogens (primary N) is 1. The first-order valence-corrected chi connectivity index (χ1v) is 13.6. The van der Waals surface area contributed by atoms with Gasteiger partial charge in [-0.1, -0.05) is 53.2 Å². The first kappa shape index (κ1) is 31.7. The molecule has 0 bridgehead atoms. The highest BCUT2D eigenvalue weighted by atomic mass is 35.5. The van der Waals surface area contributed by atoms with E-state index in [9.17, 15) is 9.90 Å². The van der Waals surface area contributed by atoms with Crippen molar-refractivity contribution in [1.29, 1.82) is 0 Å². The van der Waals surface area contributed by atoms with Crippen LogP contribution in [0.5, 0.6) is 0 Å².